The molecule has 0 bridgehead atoms. The second-order valence-electron chi connectivity index (χ2n) is 7.44. The van der Waals surface area contributed by atoms with Crippen LogP contribution in [0.3, 0.4) is 0 Å². The van der Waals surface area contributed by atoms with Crippen molar-refractivity contribution in [1.82, 2.24) is 0 Å². The minimum Gasteiger partial charge on any atom is -0.0687 e. The molecule has 2 atom stereocenters. The van der Waals surface area contributed by atoms with Crippen LogP contribution in [0.15, 0.2) is 114 Å². The van der Waals surface area contributed by atoms with E-state index in [0.29, 0.717) is 0 Å². The van der Waals surface area contributed by atoms with E-state index in [1.165, 1.54) is 33.0 Å². The van der Waals surface area contributed by atoms with Crippen LogP contribution in [0.4, 0.5) is 0 Å². The monoisotopic (exact) mass is 330 g/mol. The molecule has 6 rings (SSSR count). The van der Waals surface area contributed by atoms with Gasteiger partial charge >= 0.3 is 0 Å². The zero-order valence-corrected chi connectivity index (χ0v) is 14.4. The van der Waals surface area contributed by atoms with E-state index in [-0.39, 0.29) is 10.8 Å². The van der Waals surface area contributed by atoms with Gasteiger partial charge in [-0.1, -0.05) is 109 Å². The number of hydrogen-bond donors (Lipinski definition) is 0. The highest BCUT2D eigenvalue weighted by atomic mass is 14.6. The number of hydrogen-bond acceptors (Lipinski definition) is 0. The molecule has 0 aliphatic heterocycles. The van der Waals surface area contributed by atoms with E-state index < -0.39 is 0 Å². The summed E-state index contributed by atoms with van der Waals surface area (Å²) >= 11 is 0. The van der Waals surface area contributed by atoms with Gasteiger partial charge in [-0.3, -0.25) is 0 Å². The Hall–Kier alpha value is -3.12. The number of allylic oxidation sites excluding steroid dienone is 13. The largest absolute Gasteiger partial charge is 0.0687 e. The van der Waals surface area contributed by atoms with Gasteiger partial charge < -0.3 is 0 Å². The summed E-state index contributed by atoms with van der Waals surface area (Å²) < 4.78 is 0. The van der Waals surface area contributed by atoms with Gasteiger partial charge in [0.1, 0.15) is 0 Å². The van der Waals surface area contributed by atoms with Crippen molar-refractivity contribution < 1.29 is 0 Å². The summed E-state index contributed by atoms with van der Waals surface area (Å²) in [4.78, 5) is 0. The van der Waals surface area contributed by atoms with Gasteiger partial charge in [-0.2, -0.15) is 0 Å². The van der Waals surface area contributed by atoms with Crippen molar-refractivity contribution in [3.05, 3.63) is 126 Å². The Bertz CT molecular complexity index is 1180. The van der Waals surface area contributed by atoms with Crippen LogP contribution in [0.5, 0.6) is 0 Å². The normalized spacial score (nSPS) is 29.5. The zero-order valence-electron chi connectivity index (χ0n) is 14.4. The summed E-state index contributed by atoms with van der Waals surface area (Å²) in [5, 5.41) is 2.66. The van der Waals surface area contributed by atoms with Crippen LogP contribution in [0.25, 0.3) is 16.8 Å². The molecular formula is C26H18. The standard InChI is InChI=1S/C26H18/c1-2-10-23-19(7-1)11-12-20-15-18-25-16-5-3-8-21(25)13-14-22-9-4-6-17-26(22,25)24(20)23/h1-18H. The molecule has 0 aromatic heterocycles. The van der Waals surface area contributed by atoms with Crippen molar-refractivity contribution in [2.75, 3.05) is 0 Å². The quantitative estimate of drug-likeness (QED) is 0.539. The second-order valence-corrected chi connectivity index (χ2v) is 7.44. The van der Waals surface area contributed by atoms with Crippen LogP contribution in [0.2, 0.25) is 0 Å². The third-order valence-electron chi connectivity index (χ3n) is 6.39. The maximum absolute atomic E-state index is 2.42. The first-order valence-electron chi connectivity index (χ1n) is 9.21. The summed E-state index contributed by atoms with van der Waals surface area (Å²) in [5.74, 6) is 0. The molecule has 0 N–H and O–H groups in total. The van der Waals surface area contributed by atoms with Gasteiger partial charge in [0.15, 0.2) is 0 Å². The van der Waals surface area contributed by atoms with Crippen LogP contribution in [-0.4, -0.2) is 0 Å². The van der Waals surface area contributed by atoms with Crippen molar-refractivity contribution in [1.29, 1.82) is 0 Å². The van der Waals surface area contributed by atoms with Crippen LogP contribution in [-0.2, 0) is 5.41 Å². The highest BCUT2D eigenvalue weighted by Crippen LogP contribution is 2.62. The summed E-state index contributed by atoms with van der Waals surface area (Å²) in [6.45, 7) is 0. The number of fused-ring (bicyclic) bond motifs is 3. The Morgan fingerprint density at radius 3 is 2.38 bits per heavy atom. The minimum absolute atomic E-state index is 0.162. The van der Waals surface area contributed by atoms with Crippen molar-refractivity contribution in [3.8, 4) is 0 Å². The van der Waals surface area contributed by atoms with E-state index in [9.17, 15) is 0 Å². The topological polar surface area (TPSA) is 0 Å². The molecule has 4 aliphatic rings. The van der Waals surface area contributed by atoms with Gasteiger partial charge in [0.05, 0.1) is 5.41 Å². The van der Waals surface area contributed by atoms with Gasteiger partial charge in [-0.25, -0.2) is 0 Å². The summed E-state index contributed by atoms with van der Waals surface area (Å²) in [6.07, 6.45) is 27.4. The predicted molar refractivity (Wildman–Crippen MR) is 110 cm³/mol. The zero-order chi connectivity index (χ0) is 17.2. The molecule has 2 aromatic rings. The van der Waals surface area contributed by atoms with Gasteiger partial charge in [-0.15, -0.1) is 0 Å². The molecule has 0 amide bonds. The number of benzene rings is 2. The fourth-order valence-corrected chi connectivity index (χ4v) is 5.29. The molecule has 4 aliphatic carbocycles. The SMILES string of the molecule is C1=CC2=CC=C3C=CC=CC34c3c(ccc5ccccc35)C=CC24C=C1. The van der Waals surface area contributed by atoms with E-state index in [1.54, 1.807) is 0 Å². The van der Waals surface area contributed by atoms with Gasteiger partial charge in [0.25, 0.3) is 0 Å². The van der Waals surface area contributed by atoms with E-state index in [4.69, 9.17) is 0 Å². The average Bonchev–Trinajstić information content (AvgIpc) is 2.71. The Balaban J connectivity index is 1.83. The summed E-state index contributed by atoms with van der Waals surface area (Å²) in [7, 11) is 0. The first-order chi connectivity index (χ1) is 12.9. The summed E-state index contributed by atoms with van der Waals surface area (Å²) in [5.41, 5.74) is 5.12. The van der Waals surface area contributed by atoms with E-state index >= 15 is 0 Å². The van der Waals surface area contributed by atoms with Crippen molar-refractivity contribution in [3.63, 3.8) is 0 Å². The van der Waals surface area contributed by atoms with E-state index in [2.05, 4.69) is 109 Å². The molecule has 2 unspecified atom stereocenters. The molecule has 2 spiro atoms. The molecule has 0 fully saturated rings. The van der Waals surface area contributed by atoms with Crippen LogP contribution in [0, 0.1) is 5.41 Å². The van der Waals surface area contributed by atoms with E-state index in [1.807, 2.05) is 0 Å². The third kappa shape index (κ3) is 1.47. The number of rotatable bonds is 0. The van der Waals surface area contributed by atoms with Crippen LogP contribution in [0.1, 0.15) is 11.1 Å². The Kier molecular flexibility index (Phi) is 2.57. The predicted octanol–water partition coefficient (Wildman–Crippen LogP) is 6.21. The molecule has 0 saturated heterocycles. The molecule has 0 radical (unpaired) electrons. The molecule has 122 valence electrons. The Morgan fingerprint density at radius 1 is 0.615 bits per heavy atom. The first-order valence-corrected chi connectivity index (χ1v) is 9.21. The molecule has 0 saturated carbocycles. The van der Waals surface area contributed by atoms with Crippen molar-refractivity contribution >= 4 is 16.8 Å². The lowest BCUT2D eigenvalue weighted by atomic mass is 9.47. The smallest absolute Gasteiger partial charge is 0.0563 e. The fraction of sp³-hybridized carbons (Fsp3) is 0.0769. The lowest BCUT2D eigenvalue weighted by molar-refractivity contribution is 0.401. The van der Waals surface area contributed by atoms with E-state index in [0.717, 1.165) is 0 Å². The fourth-order valence-electron chi connectivity index (χ4n) is 5.29. The molecule has 0 heteroatoms. The van der Waals surface area contributed by atoms with Gasteiger partial charge in [0, 0.05) is 5.41 Å². The van der Waals surface area contributed by atoms with Gasteiger partial charge in [0.2, 0.25) is 0 Å². The average molecular weight is 330 g/mol. The first kappa shape index (κ1) is 14.1. The molecule has 0 heterocycles. The van der Waals surface area contributed by atoms with Crippen LogP contribution < -0.4 is 0 Å². The van der Waals surface area contributed by atoms with Crippen molar-refractivity contribution in [2.45, 2.75) is 5.41 Å². The maximum atomic E-state index is 2.42. The van der Waals surface area contributed by atoms with Gasteiger partial charge in [-0.05, 0) is 33.0 Å². The Morgan fingerprint density at radius 2 is 1.42 bits per heavy atom. The molecular weight excluding hydrogens is 312 g/mol. The maximum Gasteiger partial charge on any atom is 0.0563 e. The lowest BCUT2D eigenvalue weighted by Gasteiger charge is -2.54. The molecule has 2 aromatic carbocycles. The van der Waals surface area contributed by atoms with Crippen molar-refractivity contribution in [2.24, 2.45) is 5.41 Å². The third-order valence-corrected chi connectivity index (χ3v) is 6.39. The van der Waals surface area contributed by atoms with Crippen LogP contribution >= 0.6 is 0 Å². The Labute approximate surface area is 153 Å². The lowest BCUT2D eigenvalue weighted by Crippen LogP contribution is -2.48. The minimum atomic E-state index is -0.196. The second kappa shape index (κ2) is 4.74. The summed E-state index contributed by atoms with van der Waals surface area (Å²) in [6, 6.07) is 13.3. The molecule has 26 heavy (non-hydrogen) atoms. The highest BCUT2D eigenvalue weighted by molar-refractivity contribution is 5.94. The highest BCUT2D eigenvalue weighted by Gasteiger charge is 2.56. The molecule has 0 nitrogen and oxygen atoms in total.